The molecule has 0 aliphatic heterocycles. The van der Waals surface area contributed by atoms with Crippen molar-refractivity contribution >= 4 is 0 Å². The predicted octanol–water partition coefficient (Wildman–Crippen LogP) is 0.742. The Kier molecular flexibility index (Phi) is 3.58. The Labute approximate surface area is 66.4 Å². The zero-order valence-corrected chi connectivity index (χ0v) is 6.93. The van der Waals surface area contributed by atoms with Crippen LogP contribution in [-0.2, 0) is 6.42 Å². The van der Waals surface area contributed by atoms with E-state index < -0.39 is 0 Å². The average Bonchev–Trinajstić information content (AvgIpc) is 2.50. The maximum absolute atomic E-state index is 3.85. The Morgan fingerprint density at radius 2 is 2.27 bits per heavy atom. The number of nitrogens with zero attached hydrogens (tertiary/aromatic N) is 2. The van der Waals surface area contributed by atoms with Gasteiger partial charge in [-0.1, -0.05) is 31.4 Å². The second-order valence-corrected chi connectivity index (χ2v) is 2.69. The number of aromatic amines is 2. The molecule has 4 heteroatoms. The van der Waals surface area contributed by atoms with E-state index in [1.54, 1.807) is 0 Å². The molecule has 0 spiro atoms. The number of H-pyrrole nitrogens is 2. The smallest absolute Gasteiger partial charge is 0.176 e. The van der Waals surface area contributed by atoms with Gasteiger partial charge in [0.25, 0.3) is 5.82 Å². The number of hydrogen-bond acceptors (Lipinski definition) is 2. The number of tetrazole rings is 1. The molecule has 0 aliphatic carbocycles. The van der Waals surface area contributed by atoms with Crippen LogP contribution in [0.5, 0.6) is 0 Å². The number of hydrogen-bond donors (Lipinski definition) is 1. The fourth-order valence-corrected chi connectivity index (χ4v) is 1.03. The van der Waals surface area contributed by atoms with E-state index in [-0.39, 0.29) is 0 Å². The molecule has 1 heterocycles. The first kappa shape index (κ1) is 8.17. The summed E-state index contributed by atoms with van der Waals surface area (Å²) < 4.78 is 0. The minimum Gasteiger partial charge on any atom is -0.176 e. The van der Waals surface area contributed by atoms with E-state index in [4.69, 9.17) is 0 Å². The molecule has 11 heavy (non-hydrogen) atoms. The summed E-state index contributed by atoms with van der Waals surface area (Å²) >= 11 is 0. The summed E-state index contributed by atoms with van der Waals surface area (Å²) in [5.74, 6) is 0.959. The van der Waals surface area contributed by atoms with Crippen molar-refractivity contribution in [3.8, 4) is 0 Å². The standard InChI is InChI=1S/C7H14N4/c1-2-3-4-5-6-7-8-10-11-9-7/h2-6H2,1H3,(H,8,9,10,11)/p+1. The van der Waals surface area contributed by atoms with Gasteiger partial charge in [-0.3, -0.25) is 0 Å². The Balaban J connectivity index is 2.04. The number of unbranched alkanes of at least 4 members (excludes halogenated alkanes) is 3. The number of aromatic nitrogens is 4. The molecule has 62 valence electrons. The van der Waals surface area contributed by atoms with Crippen LogP contribution in [0.2, 0.25) is 0 Å². The molecule has 4 nitrogen and oxygen atoms in total. The van der Waals surface area contributed by atoms with E-state index in [2.05, 4.69) is 27.5 Å². The van der Waals surface area contributed by atoms with Gasteiger partial charge in [-0.25, -0.2) is 0 Å². The van der Waals surface area contributed by atoms with Crippen molar-refractivity contribution in [3.63, 3.8) is 0 Å². The maximum Gasteiger partial charge on any atom is 0.298 e. The van der Waals surface area contributed by atoms with Crippen molar-refractivity contribution < 1.29 is 5.10 Å². The van der Waals surface area contributed by atoms with Crippen LogP contribution in [0.4, 0.5) is 0 Å². The molecule has 0 aromatic carbocycles. The van der Waals surface area contributed by atoms with Crippen molar-refractivity contribution in [3.05, 3.63) is 5.82 Å². The highest BCUT2D eigenvalue weighted by Crippen LogP contribution is 2.00. The van der Waals surface area contributed by atoms with Crippen LogP contribution in [0.1, 0.15) is 38.4 Å². The average molecular weight is 155 g/mol. The van der Waals surface area contributed by atoms with Gasteiger partial charge in [-0.05, 0) is 6.42 Å². The Morgan fingerprint density at radius 3 is 2.91 bits per heavy atom. The van der Waals surface area contributed by atoms with Gasteiger partial charge >= 0.3 is 0 Å². The first-order valence-corrected chi connectivity index (χ1v) is 4.21. The molecule has 0 unspecified atom stereocenters. The normalized spacial score (nSPS) is 10.3. The second kappa shape index (κ2) is 4.82. The van der Waals surface area contributed by atoms with Crippen LogP contribution in [-0.4, -0.2) is 15.5 Å². The van der Waals surface area contributed by atoms with Gasteiger partial charge in [0.2, 0.25) is 0 Å². The molecule has 0 radical (unpaired) electrons. The number of rotatable bonds is 5. The first-order valence-electron chi connectivity index (χ1n) is 4.21. The van der Waals surface area contributed by atoms with Crippen molar-refractivity contribution in [2.45, 2.75) is 39.0 Å². The second-order valence-electron chi connectivity index (χ2n) is 2.69. The lowest BCUT2D eigenvalue weighted by Gasteiger charge is -1.91. The molecule has 1 aromatic rings. The molecule has 0 saturated carbocycles. The molecular formula is C7H15N4+. The topological polar surface area (TPSA) is 55.7 Å². The lowest BCUT2D eigenvalue weighted by atomic mass is 10.1. The van der Waals surface area contributed by atoms with E-state index in [0.717, 1.165) is 12.2 Å². The van der Waals surface area contributed by atoms with Crippen LogP contribution >= 0.6 is 0 Å². The summed E-state index contributed by atoms with van der Waals surface area (Å²) in [4.78, 5) is 0. The zero-order chi connectivity index (χ0) is 7.94. The Hall–Kier alpha value is -0.930. The van der Waals surface area contributed by atoms with Gasteiger partial charge in [0.05, 0.1) is 0 Å². The minimum atomic E-state index is 0.959. The number of aryl methyl sites for hydroxylation is 1. The summed E-state index contributed by atoms with van der Waals surface area (Å²) in [5.41, 5.74) is 0. The fraction of sp³-hybridized carbons (Fsp3) is 0.857. The van der Waals surface area contributed by atoms with Crippen molar-refractivity contribution in [1.82, 2.24) is 15.5 Å². The van der Waals surface area contributed by atoms with Crippen LogP contribution in [0.25, 0.3) is 0 Å². The van der Waals surface area contributed by atoms with Gasteiger partial charge in [0.1, 0.15) is 5.10 Å². The predicted molar refractivity (Wildman–Crippen MR) is 40.8 cm³/mol. The summed E-state index contributed by atoms with van der Waals surface area (Å²) in [7, 11) is 0. The van der Waals surface area contributed by atoms with Crippen molar-refractivity contribution in [2.24, 2.45) is 0 Å². The summed E-state index contributed by atoms with van der Waals surface area (Å²) in [6, 6.07) is 0. The molecule has 0 fully saturated rings. The van der Waals surface area contributed by atoms with Crippen molar-refractivity contribution in [1.29, 1.82) is 0 Å². The van der Waals surface area contributed by atoms with Crippen molar-refractivity contribution in [2.75, 3.05) is 0 Å². The van der Waals surface area contributed by atoms with E-state index >= 15 is 0 Å². The van der Waals surface area contributed by atoms with E-state index in [9.17, 15) is 0 Å². The van der Waals surface area contributed by atoms with Gasteiger partial charge in [-0.15, -0.1) is 0 Å². The first-order chi connectivity index (χ1) is 5.43. The van der Waals surface area contributed by atoms with Gasteiger partial charge in [-0.2, -0.15) is 5.10 Å². The molecule has 1 rings (SSSR count). The third-order valence-electron chi connectivity index (χ3n) is 1.69. The third kappa shape index (κ3) is 3.11. The van der Waals surface area contributed by atoms with Crippen LogP contribution in [0.15, 0.2) is 0 Å². The lowest BCUT2D eigenvalue weighted by molar-refractivity contribution is -0.466. The molecule has 0 atom stereocenters. The third-order valence-corrected chi connectivity index (χ3v) is 1.69. The maximum atomic E-state index is 3.85. The lowest BCUT2D eigenvalue weighted by Crippen LogP contribution is -2.09. The van der Waals surface area contributed by atoms with E-state index in [0.29, 0.717) is 0 Å². The summed E-state index contributed by atoms with van der Waals surface area (Å²) in [6.45, 7) is 2.21. The summed E-state index contributed by atoms with van der Waals surface area (Å²) in [5, 5.41) is 12.9. The Bertz CT molecular complexity index is 171. The van der Waals surface area contributed by atoms with Crippen LogP contribution < -0.4 is 5.10 Å². The molecule has 1 aromatic heterocycles. The molecule has 0 amide bonds. The van der Waals surface area contributed by atoms with Gasteiger partial charge in [0.15, 0.2) is 5.21 Å². The molecule has 0 aliphatic rings. The van der Waals surface area contributed by atoms with Crippen LogP contribution in [0.3, 0.4) is 0 Å². The minimum absolute atomic E-state index is 0.959. The van der Waals surface area contributed by atoms with Gasteiger partial charge < -0.3 is 0 Å². The monoisotopic (exact) mass is 155 g/mol. The van der Waals surface area contributed by atoms with Crippen LogP contribution in [0, 0.1) is 0 Å². The quantitative estimate of drug-likeness (QED) is 0.638. The Morgan fingerprint density at radius 1 is 1.36 bits per heavy atom. The molecule has 0 saturated heterocycles. The zero-order valence-electron chi connectivity index (χ0n) is 6.93. The largest absolute Gasteiger partial charge is 0.298 e. The molecule has 2 N–H and O–H groups in total. The molecular weight excluding hydrogens is 140 g/mol. The van der Waals surface area contributed by atoms with Gasteiger partial charge in [0, 0.05) is 6.42 Å². The van der Waals surface area contributed by atoms with E-state index in [1.807, 2.05) is 0 Å². The fourth-order valence-electron chi connectivity index (χ4n) is 1.03. The molecule has 0 bridgehead atoms. The van der Waals surface area contributed by atoms with E-state index in [1.165, 1.54) is 25.7 Å². The number of nitrogens with one attached hydrogen (secondary N) is 2. The highest BCUT2D eigenvalue weighted by atomic mass is 15.5. The SMILES string of the molecule is CCCCCCc1nn[nH][nH+]1. The summed E-state index contributed by atoms with van der Waals surface area (Å²) in [6.07, 6.45) is 6.10. The highest BCUT2D eigenvalue weighted by molar-refractivity contribution is 4.66. The highest BCUT2D eigenvalue weighted by Gasteiger charge is 2.03.